The van der Waals surface area contributed by atoms with Crippen LogP contribution in [0.2, 0.25) is 5.15 Å². The monoisotopic (exact) mass is 451 g/mol. The minimum atomic E-state index is -0.930. The van der Waals surface area contributed by atoms with Gasteiger partial charge in [0.15, 0.2) is 0 Å². The number of aromatic nitrogens is 3. The summed E-state index contributed by atoms with van der Waals surface area (Å²) in [5.41, 5.74) is 6.03. The average molecular weight is 452 g/mol. The molecule has 1 unspecified atom stereocenters. The first kappa shape index (κ1) is 26.7. The third-order valence-electron chi connectivity index (χ3n) is 4.90. The van der Waals surface area contributed by atoms with Crippen LogP contribution < -0.4 is 5.73 Å². The highest BCUT2D eigenvalue weighted by Crippen LogP contribution is 2.47. The molecule has 172 valence electrons. The topological polar surface area (TPSA) is 127 Å². The Bertz CT molecular complexity index is 870. The molecule has 31 heavy (non-hydrogen) atoms. The van der Waals surface area contributed by atoms with E-state index in [4.69, 9.17) is 22.4 Å². The largest absolute Gasteiger partial charge is 0.400 e. The zero-order chi connectivity index (χ0) is 23.8. The number of rotatable bonds is 6. The summed E-state index contributed by atoms with van der Waals surface area (Å²) in [5, 5.41) is 21.4. The van der Waals surface area contributed by atoms with E-state index in [0.29, 0.717) is 16.6 Å². The molecule has 0 saturated heterocycles. The van der Waals surface area contributed by atoms with Gasteiger partial charge in [-0.15, -0.1) is 0 Å². The number of pyridine rings is 1. The first-order valence-corrected chi connectivity index (χ1v) is 10.7. The first-order chi connectivity index (χ1) is 14.6. The van der Waals surface area contributed by atoms with Crippen molar-refractivity contribution in [2.75, 3.05) is 7.11 Å². The van der Waals surface area contributed by atoms with Gasteiger partial charge in [0.05, 0.1) is 29.3 Å². The van der Waals surface area contributed by atoms with E-state index in [-0.39, 0.29) is 12.4 Å². The molecule has 2 heterocycles. The maximum Gasteiger partial charge on any atom is 0.281 e. The van der Waals surface area contributed by atoms with Crippen LogP contribution in [0.25, 0.3) is 0 Å². The smallest absolute Gasteiger partial charge is 0.281 e. The first-order valence-electron chi connectivity index (χ1n) is 10.3. The Morgan fingerprint density at radius 3 is 2.35 bits per heavy atom. The van der Waals surface area contributed by atoms with E-state index in [1.54, 1.807) is 32.3 Å². The lowest BCUT2D eigenvalue weighted by molar-refractivity contribution is 0.0576. The second-order valence-electron chi connectivity index (χ2n) is 7.89. The number of aliphatic imine (C=N–C) groups is 1. The standard InChI is InChI=1S/C19H24ClN5O2.C2H6.CH4O/c1-18(2,27)11-25-10-12(8-23-25)16(26)24-17(21)19(3,13-4-5-13)14-6-7-15(20)22-9-14;2*1-2/h6-10,13,27H,4-5,11H2,1-3H3,(H2,21,24,26);1-2H3;2H,1H3. The molecule has 0 radical (unpaired) electrons. The molecule has 1 amide bonds. The van der Waals surface area contributed by atoms with Crippen LogP contribution in [0.4, 0.5) is 0 Å². The number of amides is 1. The minimum Gasteiger partial charge on any atom is -0.400 e. The lowest BCUT2D eigenvalue weighted by Crippen LogP contribution is -2.41. The Balaban J connectivity index is 0.00000113. The fraction of sp³-hybridized carbons (Fsp3) is 0.545. The van der Waals surface area contributed by atoms with Gasteiger partial charge in [-0.2, -0.15) is 10.1 Å². The number of nitrogens with zero attached hydrogens (tertiary/aromatic N) is 4. The van der Waals surface area contributed by atoms with Crippen LogP contribution in [0.5, 0.6) is 0 Å². The maximum absolute atomic E-state index is 12.6. The van der Waals surface area contributed by atoms with E-state index in [0.717, 1.165) is 25.5 Å². The average Bonchev–Trinajstić information content (AvgIpc) is 3.50. The quantitative estimate of drug-likeness (QED) is 0.351. The van der Waals surface area contributed by atoms with Crippen molar-refractivity contribution < 1.29 is 15.0 Å². The number of carbonyl (C=O) groups excluding carboxylic acids is 1. The number of halogens is 1. The molecule has 1 atom stereocenters. The Kier molecular flexibility index (Phi) is 9.80. The SMILES string of the molecule is CC.CC(C)(O)Cn1cc(C(=O)N=C(N)C(C)(c2ccc(Cl)nc2)C2CC2)cn1.CO. The van der Waals surface area contributed by atoms with Crippen LogP contribution >= 0.6 is 11.6 Å². The van der Waals surface area contributed by atoms with Gasteiger partial charge in [0.2, 0.25) is 0 Å². The lowest BCUT2D eigenvalue weighted by Gasteiger charge is -2.29. The summed E-state index contributed by atoms with van der Waals surface area (Å²) >= 11 is 5.90. The van der Waals surface area contributed by atoms with Crippen LogP contribution in [0.1, 0.15) is 63.4 Å². The van der Waals surface area contributed by atoms with E-state index < -0.39 is 16.9 Å². The predicted molar refractivity (Wildman–Crippen MR) is 123 cm³/mol. The third kappa shape index (κ3) is 7.12. The van der Waals surface area contributed by atoms with Crippen LogP contribution in [-0.4, -0.2) is 49.4 Å². The number of carbonyl (C=O) groups is 1. The van der Waals surface area contributed by atoms with Gasteiger partial charge >= 0.3 is 0 Å². The fourth-order valence-corrected chi connectivity index (χ4v) is 3.30. The highest BCUT2D eigenvalue weighted by molar-refractivity contribution is 6.29. The zero-order valence-electron chi connectivity index (χ0n) is 19.1. The van der Waals surface area contributed by atoms with Crippen molar-refractivity contribution in [2.24, 2.45) is 16.6 Å². The molecule has 1 aliphatic rings. The van der Waals surface area contributed by atoms with Crippen LogP contribution in [-0.2, 0) is 12.0 Å². The van der Waals surface area contributed by atoms with E-state index in [1.807, 2.05) is 26.8 Å². The molecule has 0 spiro atoms. The van der Waals surface area contributed by atoms with Gasteiger partial charge < -0.3 is 15.9 Å². The van der Waals surface area contributed by atoms with E-state index in [1.165, 1.54) is 10.9 Å². The Labute approximate surface area is 189 Å². The Morgan fingerprint density at radius 1 is 1.26 bits per heavy atom. The minimum absolute atomic E-state index is 0.259. The molecule has 2 aromatic heterocycles. The molecule has 0 bridgehead atoms. The van der Waals surface area contributed by atoms with Gasteiger partial charge in [0.25, 0.3) is 5.91 Å². The molecule has 0 aliphatic heterocycles. The van der Waals surface area contributed by atoms with E-state index >= 15 is 0 Å². The molecule has 2 aromatic rings. The van der Waals surface area contributed by atoms with Crippen molar-refractivity contribution in [1.29, 1.82) is 0 Å². The number of hydrogen-bond donors (Lipinski definition) is 3. The summed E-state index contributed by atoms with van der Waals surface area (Å²) < 4.78 is 1.52. The van der Waals surface area contributed by atoms with Crippen molar-refractivity contribution in [1.82, 2.24) is 14.8 Å². The highest BCUT2D eigenvalue weighted by atomic mass is 35.5. The van der Waals surface area contributed by atoms with Crippen molar-refractivity contribution in [2.45, 2.75) is 65.0 Å². The number of aliphatic hydroxyl groups excluding tert-OH is 1. The summed E-state index contributed by atoms with van der Waals surface area (Å²) in [5.74, 6) is 0.118. The molecule has 0 aromatic carbocycles. The molecule has 8 nitrogen and oxygen atoms in total. The number of hydrogen-bond acceptors (Lipinski definition) is 5. The Hall–Kier alpha value is -2.29. The zero-order valence-corrected chi connectivity index (χ0v) is 19.9. The van der Waals surface area contributed by atoms with E-state index in [9.17, 15) is 9.90 Å². The molecule has 1 aliphatic carbocycles. The van der Waals surface area contributed by atoms with E-state index in [2.05, 4.69) is 15.1 Å². The summed E-state index contributed by atoms with van der Waals surface area (Å²) in [6.07, 6.45) is 6.73. The second-order valence-corrected chi connectivity index (χ2v) is 8.27. The van der Waals surface area contributed by atoms with Crippen LogP contribution in [0.15, 0.2) is 35.7 Å². The lowest BCUT2D eigenvalue weighted by atomic mass is 9.77. The number of nitrogens with two attached hydrogens (primary N) is 1. The van der Waals surface area contributed by atoms with Gasteiger partial charge in [-0.05, 0) is 51.2 Å². The molecular formula is C22H34ClN5O3. The Morgan fingerprint density at radius 2 is 1.87 bits per heavy atom. The number of aliphatic hydroxyl groups is 2. The molecule has 9 heteroatoms. The van der Waals surface area contributed by atoms with Gasteiger partial charge in [-0.3, -0.25) is 9.48 Å². The second kappa shape index (κ2) is 11.4. The van der Waals surface area contributed by atoms with Crippen molar-refractivity contribution in [3.8, 4) is 0 Å². The van der Waals surface area contributed by atoms with Crippen molar-refractivity contribution in [3.05, 3.63) is 47.0 Å². The van der Waals surface area contributed by atoms with Crippen molar-refractivity contribution in [3.63, 3.8) is 0 Å². The molecule has 1 saturated carbocycles. The highest BCUT2D eigenvalue weighted by Gasteiger charge is 2.46. The maximum atomic E-state index is 12.6. The fourth-order valence-electron chi connectivity index (χ4n) is 3.18. The van der Waals surface area contributed by atoms with Gasteiger partial charge in [-0.25, -0.2) is 4.98 Å². The van der Waals surface area contributed by atoms with Crippen LogP contribution in [0.3, 0.4) is 0 Å². The summed E-state index contributed by atoms with van der Waals surface area (Å²) in [7, 11) is 1.00. The predicted octanol–water partition coefficient (Wildman–Crippen LogP) is 3.20. The molecular weight excluding hydrogens is 418 g/mol. The van der Waals surface area contributed by atoms with Gasteiger partial charge in [-0.1, -0.05) is 31.5 Å². The van der Waals surface area contributed by atoms with Gasteiger partial charge in [0.1, 0.15) is 11.0 Å². The third-order valence-corrected chi connectivity index (χ3v) is 5.13. The molecule has 4 N–H and O–H groups in total. The summed E-state index contributed by atoms with van der Waals surface area (Å²) in [6, 6.07) is 3.59. The van der Waals surface area contributed by atoms with Crippen molar-refractivity contribution >= 4 is 23.3 Å². The van der Waals surface area contributed by atoms with Gasteiger partial charge in [0, 0.05) is 19.5 Å². The molecule has 1 fully saturated rings. The molecule has 3 rings (SSSR count). The normalized spacial score (nSPS) is 15.7. The summed E-state index contributed by atoms with van der Waals surface area (Å²) in [4.78, 5) is 20.9. The van der Waals surface area contributed by atoms with Crippen LogP contribution in [0, 0.1) is 5.92 Å². The number of amidine groups is 1. The summed E-state index contributed by atoms with van der Waals surface area (Å²) in [6.45, 7) is 9.61.